The molecule has 0 radical (unpaired) electrons. The van der Waals surface area contributed by atoms with E-state index in [2.05, 4.69) is 4.98 Å². The zero-order valence-corrected chi connectivity index (χ0v) is 12.9. The van der Waals surface area contributed by atoms with Gasteiger partial charge in [-0.1, -0.05) is 0 Å². The molecular formula is C13H18N4O3S. The number of carbonyl (C=O) groups excluding carboxylic acids is 3. The number of nitrogens with zero attached hydrogens (tertiary/aromatic N) is 3. The van der Waals surface area contributed by atoms with E-state index in [0.29, 0.717) is 23.7 Å². The SMILES string of the molecule is CC(=O)N1CCN(C(=O)c2scnc2C)C[C@@H](C(N)=O)C1. The third kappa shape index (κ3) is 3.38. The summed E-state index contributed by atoms with van der Waals surface area (Å²) < 4.78 is 0. The Morgan fingerprint density at radius 3 is 2.43 bits per heavy atom. The quantitative estimate of drug-likeness (QED) is 0.822. The molecule has 2 N–H and O–H groups in total. The topological polar surface area (TPSA) is 96.6 Å². The van der Waals surface area contributed by atoms with Gasteiger partial charge in [0.15, 0.2) is 0 Å². The number of hydrogen-bond acceptors (Lipinski definition) is 5. The van der Waals surface area contributed by atoms with Crippen molar-refractivity contribution >= 4 is 29.1 Å². The first-order valence-corrected chi connectivity index (χ1v) is 7.52. The van der Waals surface area contributed by atoms with Gasteiger partial charge in [0.1, 0.15) is 4.88 Å². The second kappa shape index (κ2) is 6.21. The Labute approximate surface area is 126 Å². The maximum Gasteiger partial charge on any atom is 0.265 e. The Kier molecular flexibility index (Phi) is 4.56. The first-order valence-electron chi connectivity index (χ1n) is 6.64. The number of aromatic nitrogens is 1. The zero-order chi connectivity index (χ0) is 15.6. The van der Waals surface area contributed by atoms with Crippen LogP contribution < -0.4 is 5.73 Å². The Morgan fingerprint density at radius 1 is 1.29 bits per heavy atom. The summed E-state index contributed by atoms with van der Waals surface area (Å²) in [6.45, 7) is 4.51. The van der Waals surface area contributed by atoms with Crippen LogP contribution in [0.4, 0.5) is 0 Å². The average Bonchev–Trinajstić information content (AvgIpc) is 2.72. The van der Waals surface area contributed by atoms with Crippen molar-refractivity contribution in [1.29, 1.82) is 0 Å². The predicted octanol–water partition coefficient (Wildman–Crippen LogP) is -0.143. The standard InChI is InChI=1S/C13H18N4O3S/c1-8-11(21-7-15-8)13(20)17-4-3-16(9(2)18)5-10(6-17)12(14)19/h7,10H,3-6H2,1-2H3,(H2,14,19)/t10-/m0/s1. The number of hydrogen-bond donors (Lipinski definition) is 1. The van der Waals surface area contributed by atoms with Crippen LogP contribution in [0.15, 0.2) is 5.51 Å². The fourth-order valence-corrected chi connectivity index (χ4v) is 3.08. The summed E-state index contributed by atoms with van der Waals surface area (Å²) in [6, 6.07) is 0. The molecule has 8 heteroatoms. The molecule has 7 nitrogen and oxygen atoms in total. The van der Waals surface area contributed by atoms with Crippen LogP contribution in [0.1, 0.15) is 22.3 Å². The normalized spacial score (nSPS) is 19.2. The molecule has 1 aliphatic heterocycles. The summed E-state index contributed by atoms with van der Waals surface area (Å²) in [5.74, 6) is -1.33. The van der Waals surface area contributed by atoms with Gasteiger partial charge in [0.05, 0.1) is 17.1 Å². The van der Waals surface area contributed by atoms with Gasteiger partial charge in [0.25, 0.3) is 5.91 Å². The lowest BCUT2D eigenvalue weighted by molar-refractivity contribution is -0.130. The lowest BCUT2D eigenvalue weighted by Gasteiger charge is -2.21. The van der Waals surface area contributed by atoms with Crippen molar-refractivity contribution in [2.24, 2.45) is 11.7 Å². The van der Waals surface area contributed by atoms with Crippen molar-refractivity contribution in [2.75, 3.05) is 26.2 Å². The Balaban J connectivity index is 2.20. The minimum Gasteiger partial charge on any atom is -0.369 e. The van der Waals surface area contributed by atoms with E-state index in [1.807, 2.05) is 0 Å². The van der Waals surface area contributed by atoms with Gasteiger partial charge < -0.3 is 15.5 Å². The maximum absolute atomic E-state index is 12.5. The first-order chi connectivity index (χ1) is 9.90. The minimum absolute atomic E-state index is 0.121. The molecule has 0 spiro atoms. The van der Waals surface area contributed by atoms with Gasteiger partial charge in [-0.2, -0.15) is 0 Å². The van der Waals surface area contributed by atoms with Gasteiger partial charge in [-0.3, -0.25) is 14.4 Å². The van der Waals surface area contributed by atoms with Crippen LogP contribution in [0.5, 0.6) is 0 Å². The lowest BCUT2D eigenvalue weighted by atomic mass is 10.1. The van der Waals surface area contributed by atoms with Crippen molar-refractivity contribution < 1.29 is 14.4 Å². The number of thiazole rings is 1. The number of primary amides is 1. The molecule has 0 aromatic carbocycles. The monoisotopic (exact) mass is 310 g/mol. The second-order valence-corrected chi connectivity index (χ2v) is 5.94. The van der Waals surface area contributed by atoms with E-state index in [1.165, 1.54) is 18.3 Å². The molecule has 114 valence electrons. The van der Waals surface area contributed by atoms with Crippen LogP contribution in [-0.4, -0.2) is 58.7 Å². The number of aryl methyl sites for hydroxylation is 1. The molecule has 0 saturated carbocycles. The molecule has 1 fully saturated rings. The van der Waals surface area contributed by atoms with Crippen LogP contribution in [-0.2, 0) is 9.59 Å². The summed E-state index contributed by atoms with van der Waals surface area (Å²) in [6.07, 6.45) is 0. The summed E-state index contributed by atoms with van der Waals surface area (Å²) in [7, 11) is 0. The molecule has 2 rings (SSSR count). The molecule has 0 bridgehead atoms. The van der Waals surface area contributed by atoms with Gasteiger partial charge in [-0.25, -0.2) is 4.98 Å². The maximum atomic E-state index is 12.5. The Bertz CT molecular complexity index is 572. The van der Waals surface area contributed by atoms with Crippen molar-refractivity contribution in [3.63, 3.8) is 0 Å². The van der Waals surface area contributed by atoms with Crippen LogP contribution in [0, 0.1) is 12.8 Å². The van der Waals surface area contributed by atoms with Crippen molar-refractivity contribution in [2.45, 2.75) is 13.8 Å². The highest BCUT2D eigenvalue weighted by Crippen LogP contribution is 2.18. The van der Waals surface area contributed by atoms with E-state index in [1.54, 1.807) is 22.2 Å². The lowest BCUT2D eigenvalue weighted by Crippen LogP contribution is -2.40. The van der Waals surface area contributed by atoms with Crippen molar-refractivity contribution in [3.05, 3.63) is 16.1 Å². The van der Waals surface area contributed by atoms with E-state index in [0.717, 1.165) is 0 Å². The summed E-state index contributed by atoms with van der Waals surface area (Å²) in [5, 5.41) is 0. The second-order valence-electron chi connectivity index (χ2n) is 5.08. The predicted molar refractivity (Wildman–Crippen MR) is 77.7 cm³/mol. The molecule has 1 aromatic rings. The highest BCUT2D eigenvalue weighted by Gasteiger charge is 2.31. The zero-order valence-electron chi connectivity index (χ0n) is 12.0. The Hall–Kier alpha value is -1.96. The van der Waals surface area contributed by atoms with Gasteiger partial charge in [0, 0.05) is 33.1 Å². The largest absolute Gasteiger partial charge is 0.369 e. The van der Waals surface area contributed by atoms with Crippen LogP contribution >= 0.6 is 11.3 Å². The third-order valence-corrected chi connectivity index (χ3v) is 4.51. The van der Waals surface area contributed by atoms with E-state index in [9.17, 15) is 14.4 Å². The van der Waals surface area contributed by atoms with Gasteiger partial charge in [-0.05, 0) is 6.92 Å². The van der Waals surface area contributed by atoms with Gasteiger partial charge in [0.2, 0.25) is 11.8 Å². The molecule has 21 heavy (non-hydrogen) atoms. The summed E-state index contributed by atoms with van der Waals surface area (Å²) >= 11 is 1.28. The molecule has 1 aromatic heterocycles. The Morgan fingerprint density at radius 2 is 1.90 bits per heavy atom. The molecule has 1 saturated heterocycles. The fourth-order valence-electron chi connectivity index (χ4n) is 2.31. The molecule has 0 aliphatic carbocycles. The number of rotatable bonds is 2. The van der Waals surface area contributed by atoms with Gasteiger partial charge >= 0.3 is 0 Å². The minimum atomic E-state index is -0.548. The highest BCUT2D eigenvalue weighted by molar-refractivity contribution is 7.11. The highest BCUT2D eigenvalue weighted by atomic mass is 32.1. The fraction of sp³-hybridized carbons (Fsp3) is 0.538. The van der Waals surface area contributed by atoms with Crippen LogP contribution in [0.25, 0.3) is 0 Å². The summed E-state index contributed by atoms with van der Waals surface area (Å²) in [4.78, 5) is 43.4. The van der Waals surface area contributed by atoms with Crippen LogP contribution in [0.3, 0.4) is 0 Å². The van der Waals surface area contributed by atoms with Gasteiger partial charge in [-0.15, -0.1) is 11.3 Å². The van der Waals surface area contributed by atoms with Crippen molar-refractivity contribution in [3.8, 4) is 0 Å². The summed E-state index contributed by atoms with van der Waals surface area (Å²) in [5.41, 5.74) is 7.68. The molecule has 1 atom stereocenters. The van der Waals surface area contributed by atoms with E-state index in [-0.39, 0.29) is 24.9 Å². The molecule has 1 aliphatic rings. The van der Waals surface area contributed by atoms with E-state index < -0.39 is 11.8 Å². The number of amides is 3. The third-order valence-electron chi connectivity index (χ3n) is 3.60. The van der Waals surface area contributed by atoms with E-state index >= 15 is 0 Å². The molecular weight excluding hydrogens is 292 g/mol. The smallest absolute Gasteiger partial charge is 0.265 e. The van der Waals surface area contributed by atoms with Crippen molar-refractivity contribution in [1.82, 2.24) is 14.8 Å². The number of carbonyl (C=O) groups is 3. The van der Waals surface area contributed by atoms with E-state index in [4.69, 9.17) is 5.73 Å². The first kappa shape index (κ1) is 15.4. The number of nitrogens with two attached hydrogens (primary N) is 1. The average molecular weight is 310 g/mol. The molecule has 3 amide bonds. The molecule has 0 unspecified atom stereocenters. The van der Waals surface area contributed by atoms with Crippen LogP contribution in [0.2, 0.25) is 0 Å². The molecule has 2 heterocycles.